The molecule has 0 bridgehead atoms. The molecule has 0 N–H and O–H groups in total. The van der Waals surface area contributed by atoms with E-state index in [4.69, 9.17) is 18.4 Å². The average Bonchev–Trinajstić information content (AvgIpc) is 2.64. The Balaban J connectivity index is 1.62. The third-order valence-corrected chi connectivity index (χ3v) is 5.43. The first kappa shape index (κ1) is 18.7. The number of rotatable bonds is 7. The molecule has 1 atom stereocenters. The fourth-order valence-corrected chi connectivity index (χ4v) is 3.62. The number of ether oxygens (including phenoxy) is 3. The van der Waals surface area contributed by atoms with Gasteiger partial charge in [-0.3, -0.25) is 4.18 Å². The first-order chi connectivity index (χ1) is 12.5. The predicted octanol–water partition coefficient (Wildman–Crippen LogP) is 3.08. The first-order valence-electron chi connectivity index (χ1n) is 8.35. The third-order valence-electron chi connectivity index (χ3n) is 4.13. The Labute approximate surface area is 153 Å². The van der Waals surface area contributed by atoms with Crippen molar-refractivity contribution in [1.82, 2.24) is 0 Å². The molecule has 3 rings (SSSR count). The lowest BCUT2D eigenvalue weighted by Crippen LogP contribution is -2.29. The van der Waals surface area contributed by atoms with Gasteiger partial charge in [0.1, 0.15) is 24.2 Å². The second kappa shape index (κ2) is 8.07. The average molecular weight is 378 g/mol. The van der Waals surface area contributed by atoms with Crippen molar-refractivity contribution in [1.29, 1.82) is 0 Å². The van der Waals surface area contributed by atoms with Crippen LogP contribution in [0.15, 0.2) is 47.4 Å². The van der Waals surface area contributed by atoms with E-state index in [1.165, 1.54) is 0 Å². The summed E-state index contributed by atoms with van der Waals surface area (Å²) in [5.74, 6) is 1.32. The second-order valence-corrected chi connectivity index (χ2v) is 7.77. The largest absolute Gasteiger partial charge is 0.488 e. The monoisotopic (exact) mass is 378 g/mol. The molecule has 0 unspecified atom stereocenters. The topological polar surface area (TPSA) is 71.1 Å². The summed E-state index contributed by atoms with van der Waals surface area (Å²) in [5.41, 5.74) is 2.05. The molecule has 0 spiro atoms. The number of aryl methyl sites for hydroxylation is 2. The van der Waals surface area contributed by atoms with Gasteiger partial charge < -0.3 is 14.2 Å². The third kappa shape index (κ3) is 4.55. The highest BCUT2D eigenvalue weighted by Crippen LogP contribution is 2.31. The van der Waals surface area contributed by atoms with Crippen LogP contribution in [0.2, 0.25) is 0 Å². The van der Waals surface area contributed by atoms with Gasteiger partial charge in [0.2, 0.25) is 0 Å². The van der Waals surface area contributed by atoms with Crippen LogP contribution in [-0.4, -0.2) is 35.0 Å². The van der Waals surface area contributed by atoms with Crippen molar-refractivity contribution < 1.29 is 26.8 Å². The molecule has 0 fully saturated rings. The van der Waals surface area contributed by atoms with Crippen LogP contribution >= 0.6 is 0 Å². The minimum atomic E-state index is -3.80. The fourth-order valence-electron chi connectivity index (χ4n) is 2.68. The molecule has 1 heterocycles. The molecule has 2 aromatic rings. The SMILES string of the molecule is COCOc1ccc2c(c1)O[C@@H](COS(=O)(=O)c1ccc(C)cc1)CC2. The molecule has 0 aliphatic carbocycles. The highest BCUT2D eigenvalue weighted by Gasteiger charge is 2.24. The van der Waals surface area contributed by atoms with Crippen molar-refractivity contribution in [2.24, 2.45) is 0 Å². The van der Waals surface area contributed by atoms with E-state index < -0.39 is 10.1 Å². The van der Waals surface area contributed by atoms with Crippen molar-refractivity contribution >= 4 is 10.1 Å². The molecule has 140 valence electrons. The van der Waals surface area contributed by atoms with Crippen molar-refractivity contribution in [2.75, 3.05) is 20.5 Å². The molecular formula is C19H22O6S. The summed E-state index contributed by atoms with van der Waals surface area (Å²) < 4.78 is 46.0. The van der Waals surface area contributed by atoms with Crippen molar-refractivity contribution in [3.05, 3.63) is 53.6 Å². The zero-order valence-electron chi connectivity index (χ0n) is 14.8. The predicted molar refractivity (Wildman–Crippen MR) is 96.0 cm³/mol. The fraction of sp³-hybridized carbons (Fsp3) is 0.368. The van der Waals surface area contributed by atoms with Gasteiger partial charge in [0, 0.05) is 13.2 Å². The van der Waals surface area contributed by atoms with Crippen LogP contribution in [0.25, 0.3) is 0 Å². The van der Waals surface area contributed by atoms with E-state index in [0.29, 0.717) is 17.9 Å². The molecule has 0 saturated heterocycles. The van der Waals surface area contributed by atoms with Crippen LogP contribution in [0.5, 0.6) is 11.5 Å². The summed E-state index contributed by atoms with van der Waals surface area (Å²) in [4.78, 5) is 0.148. The van der Waals surface area contributed by atoms with Crippen molar-refractivity contribution in [3.63, 3.8) is 0 Å². The van der Waals surface area contributed by atoms with Crippen LogP contribution in [0.1, 0.15) is 17.5 Å². The molecule has 2 aromatic carbocycles. The Bertz CT molecular complexity index is 845. The minimum absolute atomic E-state index is 0.0290. The van der Waals surface area contributed by atoms with Gasteiger partial charge in [0.25, 0.3) is 10.1 Å². The molecule has 0 saturated carbocycles. The summed E-state index contributed by atoms with van der Waals surface area (Å²) in [6, 6.07) is 12.2. The number of hydrogen-bond donors (Lipinski definition) is 0. The Morgan fingerprint density at radius 2 is 1.92 bits per heavy atom. The summed E-state index contributed by atoms with van der Waals surface area (Å²) in [6.07, 6.45) is 1.15. The van der Waals surface area contributed by atoms with Gasteiger partial charge in [0.05, 0.1) is 4.90 Å². The van der Waals surface area contributed by atoms with Crippen LogP contribution in [0, 0.1) is 6.92 Å². The Morgan fingerprint density at radius 1 is 1.15 bits per heavy atom. The lowest BCUT2D eigenvalue weighted by atomic mass is 10.0. The highest BCUT2D eigenvalue weighted by molar-refractivity contribution is 7.86. The standard InChI is InChI=1S/C19H22O6S/c1-14-3-9-18(10-4-14)26(20,21)24-12-17-8-6-15-5-7-16(23-13-22-2)11-19(15)25-17/h3-5,7,9-11,17H,6,8,12-13H2,1-2H3/t17-/m1/s1. The van der Waals surface area contributed by atoms with E-state index in [1.807, 2.05) is 19.1 Å². The van der Waals surface area contributed by atoms with Crippen molar-refractivity contribution in [3.8, 4) is 11.5 Å². The lowest BCUT2D eigenvalue weighted by molar-refractivity contribution is 0.0504. The van der Waals surface area contributed by atoms with Crippen LogP contribution in [-0.2, 0) is 25.5 Å². The van der Waals surface area contributed by atoms with E-state index in [2.05, 4.69) is 0 Å². The van der Waals surface area contributed by atoms with Crippen molar-refractivity contribution in [2.45, 2.75) is 30.8 Å². The van der Waals surface area contributed by atoms with E-state index in [1.54, 1.807) is 37.4 Å². The highest BCUT2D eigenvalue weighted by atomic mass is 32.2. The Kier molecular flexibility index (Phi) is 5.80. The normalized spacial score (nSPS) is 16.6. The van der Waals surface area contributed by atoms with Gasteiger partial charge in [-0.05, 0) is 43.5 Å². The van der Waals surface area contributed by atoms with Gasteiger partial charge in [-0.1, -0.05) is 23.8 Å². The first-order valence-corrected chi connectivity index (χ1v) is 9.76. The number of methoxy groups -OCH3 is 1. The molecule has 0 amide bonds. The molecule has 0 radical (unpaired) electrons. The van der Waals surface area contributed by atoms with Gasteiger partial charge >= 0.3 is 0 Å². The molecule has 1 aliphatic rings. The molecule has 0 aromatic heterocycles. The molecular weight excluding hydrogens is 356 g/mol. The van der Waals surface area contributed by atoms with E-state index in [9.17, 15) is 8.42 Å². The Hall–Kier alpha value is -2.09. The molecule has 6 nitrogen and oxygen atoms in total. The number of hydrogen-bond acceptors (Lipinski definition) is 6. The van der Waals surface area contributed by atoms with E-state index in [-0.39, 0.29) is 24.4 Å². The van der Waals surface area contributed by atoms with E-state index >= 15 is 0 Å². The minimum Gasteiger partial charge on any atom is -0.488 e. The summed E-state index contributed by atoms with van der Waals surface area (Å²) in [5, 5.41) is 0. The maximum atomic E-state index is 12.3. The second-order valence-electron chi connectivity index (χ2n) is 6.15. The van der Waals surface area contributed by atoms with Gasteiger partial charge in [-0.2, -0.15) is 8.42 Å². The van der Waals surface area contributed by atoms with Gasteiger partial charge in [0.15, 0.2) is 6.79 Å². The van der Waals surface area contributed by atoms with Gasteiger partial charge in [-0.15, -0.1) is 0 Å². The quantitative estimate of drug-likeness (QED) is 0.545. The number of fused-ring (bicyclic) bond motifs is 1. The molecule has 1 aliphatic heterocycles. The maximum Gasteiger partial charge on any atom is 0.297 e. The smallest absolute Gasteiger partial charge is 0.297 e. The maximum absolute atomic E-state index is 12.3. The zero-order chi connectivity index (χ0) is 18.6. The summed E-state index contributed by atoms with van der Waals surface area (Å²) >= 11 is 0. The summed E-state index contributed by atoms with van der Waals surface area (Å²) in [6.45, 7) is 2.02. The lowest BCUT2D eigenvalue weighted by Gasteiger charge is -2.26. The van der Waals surface area contributed by atoms with Crippen LogP contribution in [0.3, 0.4) is 0 Å². The van der Waals surface area contributed by atoms with Crippen LogP contribution in [0.4, 0.5) is 0 Å². The van der Waals surface area contributed by atoms with Gasteiger partial charge in [-0.25, -0.2) is 0 Å². The Morgan fingerprint density at radius 3 is 2.65 bits per heavy atom. The van der Waals surface area contributed by atoms with E-state index in [0.717, 1.165) is 17.5 Å². The molecule has 7 heteroatoms. The molecule has 26 heavy (non-hydrogen) atoms. The zero-order valence-corrected chi connectivity index (χ0v) is 15.6. The number of benzene rings is 2. The summed E-state index contributed by atoms with van der Waals surface area (Å²) in [7, 11) is -2.24. The van der Waals surface area contributed by atoms with Crippen LogP contribution < -0.4 is 9.47 Å².